The molecule has 1 atom stereocenters. The molecule has 0 saturated heterocycles. The van der Waals surface area contributed by atoms with Gasteiger partial charge in [-0.2, -0.15) is 13.5 Å². The van der Waals surface area contributed by atoms with Crippen LogP contribution in [0.2, 0.25) is 0 Å². The van der Waals surface area contributed by atoms with E-state index in [2.05, 4.69) is 15.1 Å². The number of fused-ring (bicyclic) bond motifs is 1. The lowest BCUT2D eigenvalue weighted by atomic mass is 10.3. The second-order valence-corrected chi connectivity index (χ2v) is 6.14. The van der Waals surface area contributed by atoms with E-state index in [4.69, 9.17) is 4.18 Å². The van der Waals surface area contributed by atoms with Crippen molar-refractivity contribution < 1.29 is 12.6 Å². The number of aromatic nitrogens is 4. The van der Waals surface area contributed by atoms with Gasteiger partial charge in [0.15, 0.2) is 5.82 Å². The summed E-state index contributed by atoms with van der Waals surface area (Å²) >= 11 is 0. The number of hydrogen-bond donors (Lipinski definition) is 0. The summed E-state index contributed by atoms with van der Waals surface area (Å²) in [5.74, 6) is 0.256. The molecule has 0 N–H and O–H groups in total. The SMILES string of the molecule is CCS(=O)(=O)OC(C)c1ncc2c(n1)c(C)nn2C. The summed E-state index contributed by atoms with van der Waals surface area (Å²) < 4.78 is 29.5. The van der Waals surface area contributed by atoms with E-state index < -0.39 is 16.2 Å². The molecule has 0 amide bonds. The summed E-state index contributed by atoms with van der Waals surface area (Å²) in [4.78, 5) is 8.47. The van der Waals surface area contributed by atoms with E-state index in [9.17, 15) is 8.42 Å². The van der Waals surface area contributed by atoms with Gasteiger partial charge in [-0.3, -0.25) is 8.86 Å². The molecule has 0 fully saturated rings. The van der Waals surface area contributed by atoms with Crippen molar-refractivity contribution in [3.05, 3.63) is 17.7 Å². The fourth-order valence-electron chi connectivity index (χ4n) is 1.75. The molecule has 0 aliphatic heterocycles. The Bertz CT molecular complexity index is 708. The Kier molecular flexibility index (Phi) is 3.55. The predicted molar refractivity (Wildman–Crippen MR) is 70.0 cm³/mol. The highest BCUT2D eigenvalue weighted by Gasteiger charge is 2.19. The Morgan fingerprint density at radius 2 is 2.16 bits per heavy atom. The molecule has 1 unspecified atom stereocenters. The minimum atomic E-state index is -3.53. The van der Waals surface area contributed by atoms with Crippen LogP contribution in [0.4, 0.5) is 0 Å². The average molecular weight is 284 g/mol. The lowest BCUT2D eigenvalue weighted by molar-refractivity contribution is 0.225. The molecule has 0 aliphatic rings. The van der Waals surface area contributed by atoms with Crippen molar-refractivity contribution in [2.75, 3.05) is 5.75 Å². The monoisotopic (exact) mass is 284 g/mol. The smallest absolute Gasteiger partial charge is 0.264 e. The zero-order valence-corrected chi connectivity index (χ0v) is 12.1. The first-order valence-electron chi connectivity index (χ1n) is 5.91. The maximum absolute atomic E-state index is 11.4. The predicted octanol–water partition coefficient (Wildman–Crippen LogP) is 1.10. The van der Waals surface area contributed by atoms with Gasteiger partial charge in [-0.05, 0) is 20.8 Å². The van der Waals surface area contributed by atoms with Crippen LogP contribution in [0, 0.1) is 6.92 Å². The largest absolute Gasteiger partial charge is 0.267 e. The lowest BCUT2D eigenvalue weighted by Crippen LogP contribution is -2.13. The fraction of sp³-hybridized carbons (Fsp3) is 0.545. The molecule has 0 saturated carbocycles. The third-order valence-electron chi connectivity index (χ3n) is 2.79. The number of rotatable bonds is 4. The van der Waals surface area contributed by atoms with Crippen molar-refractivity contribution in [3.8, 4) is 0 Å². The second-order valence-electron chi connectivity index (χ2n) is 4.26. The van der Waals surface area contributed by atoms with Crippen molar-refractivity contribution in [1.82, 2.24) is 19.7 Å². The van der Waals surface area contributed by atoms with Crippen molar-refractivity contribution in [2.24, 2.45) is 7.05 Å². The number of aryl methyl sites for hydroxylation is 2. The summed E-state index contributed by atoms with van der Waals surface area (Å²) in [6.07, 6.45) is 0.907. The van der Waals surface area contributed by atoms with Gasteiger partial charge in [0.05, 0.1) is 17.6 Å². The minimum absolute atomic E-state index is 0.0779. The zero-order chi connectivity index (χ0) is 14.2. The highest BCUT2D eigenvalue weighted by molar-refractivity contribution is 7.86. The molecule has 0 spiro atoms. The van der Waals surface area contributed by atoms with Crippen LogP contribution in [0.5, 0.6) is 0 Å². The third kappa shape index (κ3) is 2.74. The van der Waals surface area contributed by atoms with Gasteiger partial charge in [-0.1, -0.05) is 0 Å². The molecule has 8 heteroatoms. The molecule has 2 aromatic heterocycles. The van der Waals surface area contributed by atoms with Gasteiger partial charge in [0.2, 0.25) is 0 Å². The highest BCUT2D eigenvalue weighted by atomic mass is 32.2. The summed E-state index contributed by atoms with van der Waals surface area (Å²) in [7, 11) is -1.72. The topological polar surface area (TPSA) is 87.0 Å². The van der Waals surface area contributed by atoms with E-state index in [1.807, 2.05) is 6.92 Å². The van der Waals surface area contributed by atoms with Crippen LogP contribution >= 0.6 is 0 Å². The molecule has 104 valence electrons. The van der Waals surface area contributed by atoms with Crippen LogP contribution in [0.1, 0.15) is 31.5 Å². The van der Waals surface area contributed by atoms with Crippen LogP contribution in [0.25, 0.3) is 11.0 Å². The Morgan fingerprint density at radius 1 is 1.47 bits per heavy atom. The van der Waals surface area contributed by atoms with Crippen LogP contribution in [0.3, 0.4) is 0 Å². The highest BCUT2D eigenvalue weighted by Crippen LogP contribution is 2.20. The molecule has 2 rings (SSSR count). The van der Waals surface area contributed by atoms with E-state index in [1.165, 1.54) is 6.92 Å². The maximum atomic E-state index is 11.4. The molecular formula is C11H16N4O3S. The number of hydrogen-bond acceptors (Lipinski definition) is 6. The van der Waals surface area contributed by atoms with Gasteiger partial charge in [-0.25, -0.2) is 9.97 Å². The Hall–Kier alpha value is -1.54. The summed E-state index contributed by atoms with van der Waals surface area (Å²) in [6.45, 7) is 4.98. The van der Waals surface area contributed by atoms with Gasteiger partial charge in [0.25, 0.3) is 10.1 Å². The van der Waals surface area contributed by atoms with Gasteiger partial charge in [0.1, 0.15) is 17.1 Å². The van der Waals surface area contributed by atoms with Gasteiger partial charge >= 0.3 is 0 Å². The molecule has 0 radical (unpaired) electrons. The summed E-state index contributed by atoms with van der Waals surface area (Å²) in [6, 6.07) is 0. The zero-order valence-electron chi connectivity index (χ0n) is 11.3. The molecule has 0 bridgehead atoms. The fourth-order valence-corrected chi connectivity index (χ4v) is 2.41. The standard InChI is InChI=1S/C11H16N4O3S/c1-5-19(16,17)18-8(3)11-12-6-9-10(13-11)7(2)14-15(9)4/h6,8H,5H2,1-4H3. The van der Waals surface area contributed by atoms with E-state index in [-0.39, 0.29) is 5.75 Å². The van der Waals surface area contributed by atoms with Crippen LogP contribution in [-0.2, 0) is 21.3 Å². The molecule has 0 aliphatic carbocycles. The van der Waals surface area contributed by atoms with Crippen molar-refractivity contribution in [2.45, 2.75) is 26.9 Å². The van der Waals surface area contributed by atoms with Crippen molar-refractivity contribution in [3.63, 3.8) is 0 Å². The van der Waals surface area contributed by atoms with E-state index in [1.54, 1.807) is 24.9 Å². The van der Waals surface area contributed by atoms with E-state index in [0.29, 0.717) is 11.3 Å². The van der Waals surface area contributed by atoms with Crippen LogP contribution < -0.4 is 0 Å². The molecule has 0 aromatic carbocycles. The molecular weight excluding hydrogens is 268 g/mol. The molecule has 2 aromatic rings. The Labute approximate surface area is 111 Å². The summed E-state index contributed by atoms with van der Waals surface area (Å²) in [5.41, 5.74) is 2.27. The van der Waals surface area contributed by atoms with Crippen molar-refractivity contribution >= 4 is 21.2 Å². The van der Waals surface area contributed by atoms with Gasteiger partial charge in [-0.15, -0.1) is 0 Å². The first-order chi connectivity index (χ1) is 8.84. The van der Waals surface area contributed by atoms with Crippen LogP contribution in [0.15, 0.2) is 6.20 Å². The third-order valence-corrected chi connectivity index (χ3v) is 4.08. The molecule has 7 nitrogen and oxygen atoms in total. The Morgan fingerprint density at radius 3 is 2.79 bits per heavy atom. The first-order valence-corrected chi connectivity index (χ1v) is 7.49. The van der Waals surface area contributed by atoms with Gasteiger partial charge in [0, 0.05) is 7.05 Å². The normalized spacial score (nSPS) is 13.9. The lowest BCUT2D eigenvalue weighted by Gasteiger charge is -2.10. The summed E-state index contributed by atoms with van der Waals surface area (Å²) in [5, 5.41) is 4.24. The first kappa shape index (κ1) is 13.9. The molecule has 2 heterocycles. The minimum Gasteiger partial charge on any atom is -0.264 e. The quantitative estimate of drug-likeness (QED) is 0.781. The maximum Gasteiger partial charge on any atom is 0.267 e. The Balaban J connectivity index is 2.38. The van der Waals surface area contributed by atoms with Crippen LogP contribution in [-0.4, -0.2) is 33.9 Å². The van der Waals surface area contributed by atoms with E-state index in [0.717, 1.165) is 11.2 Å². The number of nitrogens with zero attached hydrogens (tertiary/aromatic N) is 4. The van der Waals surface area contributed by atoms with E-state index >= 15 is 0 Å². The van der Waals surface area contributed by atoms with Gasteiger partial charge < -0.3 is 0 Å². The van der Waals surface area contributed by atoms with Crippen molar-refractivity contribution in [1.29, 1.82) is 0 Å². The second kappa shape index (κ2) is 4.86. The molecule has 19 heavy (non-hydrogen) atoms. The average Bonchev–Trinajstić information content (AvgIpc) is 2.64.